The van der Waals surface area contributed by atoms with Gasteiger partial charge in [-0.1, -0.05) is 6.07 Å². The number of nitrogens with zero attached hydrogens (tertiary/aromatic N) is 3. The Morgan fingerprint density at radius 3 is 2.71 bits per heavy atom. The minimum Gasteiger partial charge on any atom is -0.390 e. The summed E-state index contributed by atoms with van der Waals surface area (Å²) in [6.07, 6.45) is 6.11. The molecule has 2 aromatic rings. The summed E-state index contributed by atoms with van der Waals surface area (Å²) < 4.78 is 2.01. The molecule has 0 aliphatic heterocycles. The predicted molar refractivity (Wildman–Crippen MR) is 66.4 cm³/mol. The molecule has 0 spiro atoms. The van der Waals surface area contributed by atoms with Gasteiger partial charge < -0.3 is 9.67 Å². The van der Waals surface area contributed by atoms with Gasteiger partial charge >= 0.3 is 0 Å². The van der Waals surface area contributed by atoms with E-state index in [4.69, 9.17) is 0 Å². The van der Waals surface area contributed by atoms with Crippen LogP contribution in [0.1, 0.15) is 20.3 Å². The zero-order valence-corrected chi connectivity index (χ0v) is 10.2. The molecule has 0 atom stereocenters. The van der Waals surface area contributed by atoms with Crippen LogP contribution in [-0.2, 0) is 6.54 Å². The smallest absolute Gasteiger partial charge is 0.158 e. The Bertz CT molecular complexity index is 471. The third kappa shape index (κ3) is 3.14. The summed E-state index contributed by atoms with van der Waals surface area (Å²) in [5.74, 6) is 0.842. The van der Waals surface area contributed by atoms with Gasteiger partial charge in [0.15, 0.2) is 5.82 Å². The summed E-state index contributed by atoms with van der Waals surface area (Å²) in [6.45, 7) is 4.35. The first-order valence-corrected chi connectivity index (χ1v) is 5.71. The molecular formula is C13H17N3O. The monoisotopic (exact) mass is 231 g/mol. The molecule has 0 aliphatic rings. The maximum Gasteiger partial charge on any atom is 0.158 e. The summed E-state index contributed by atoms with van der Waals surface area (Å²) >= 11 is 0. The van der Waals surface area contributed by atoms with Crippen molar-refractivity contribution in [2.45, 2.75) is 32.4 Å². The lowest BCUT2D eigenvalue weighted by Gasteiger charge is -2.17. The summed E-state index contributed by atoms with van der Waals surface area (Å²) in [5, 5.41) is 9.73. The quantitative estimate of drug-likeness (QED) is 0.876. The molecule has 0 aromatic carbocycles. The lowest BCUT2D eigenvalue weighted by atomic mass is 10.1. The molecular weight excluding hydrogens is 214 g/mol. The highest BCUT2D eigenvalue weighted by atomic mass is 16.3. The minimum atomic E-state index is -0.661. The van der Waals surface area contributed by atoms with E-state index >= 15 is 0 Å². The first-order chi connectivity index (χ1) is 8.06. The van der Waals surface area contributed by atoms with Crippen molar-refractivity contribution in [3.63, 3.8) is 0 Å². The number of aryl methyl sites for hydroxylation is 1. The molecule has 0 amide bonds. The summed E-state index contributed by atoms with van der Waals surface area (Å²) in [7, 11) is 0. The molecule has 0 saturated heterocycles. The second-order valence-electron chi connectivity index (χ2n) is 4.72. The molecule has 1 N–H and O–H groups in total. The Morgan fingerprint density at radius 1 is 1.24 bits per heavy atom. The van der Waals surface area contributed by atoms with E-state index in [1.54, 1.807) is 12.4 Å². The van der Waals surface area contributed by atoms with E-state index in [9.17, 15) is 5.11 Å². The fourth-order valence-electron chi connectivity index (χ4n) is 1.61. The van der Waals surface area contributed by atoms with Gasteiger partial charge in [-0.05, 0) is 32.4 Å². The van der Waals surface area contributed by atoms with E-state index in [1.807, 2.05) is 42.8 Å². The van der Waals surface area contributed by atoms with Crippen LogP contribution in [-0.4, -0.2) is 25.2 Å². The minimum absolute atomic E-state index is 0.661. The number of hydrogen-bond donors (Lipinski definition) is 1. The van der Waals surface area contributed by atoms with Gasteiger partial charge in [-0.3, -0.25) is 4.98 Å². The molecule has 0 fully saturated rings. The zero-order chi connectivity index (χ0) is 12.3. The molecule has 17 heavy (non-hydrogen) atoms. The van der Waals surface area contributed by atoms with Gasteiger partial charge in [-0.15, -0.1) is 0 Å². The average molecular weight is 231 g/mol. The second kappa shape index (κ2) is 4.67. The molecule has 0 aliphatic carbocycles. The van der Waals surface area contributed by atoms with Crippen LogP contribution in [0.25, 0.3) is 11.5 Å². The molecule has 0 radical (unpaired) electrons. The zero-order valence-electron chi connectivity index (χ0n) is 10.2. The van der Waals surface area contributed by atoms with E-state index in [1.165, 1.54) is 0 Å². The normalized spacial score (nSPS) is 11.7. The maximum atomic E-state index is 9.73. The Balaban J connectivity index is 2.18. The highest BCUT2D eigenvalue weighted by Crippen LogP contribution is 2.16. The van der Waals surface area contributed by atoms with Crippen molar-refractivity contribution in [2.75, 3.05) is 0 Å². The van der Waals surface area contributed by atoms with Crippen molar-refractivity contribution in [3.8, 4) is 11.5 Å². The van der Waals surface area contributed by atoms with E-state index in [-0.39, 0.29) is 0 Å². The van der Waals surface area contributed by atoms with Crippen LogP contribution in [0.15, 0.2) is 36.8 Å². The van der Waals surface area contributed by atoms with Gasteiger partial charge in [0, 0.05) is 25.1 Å². The van der Waals surface area contributed by atoms with Gasteiger partial charge in [-0.25, -0.2) is 4.98 Å². The van der Waals surface area contributed by atoms with Crippen LogP contribution in [0.3, 0.4) is 0 Å². The SMILES string of the molecule is CC(C)(O)CCn1ccnc1-c1ccccn1. The average Bonchev–Trinajstić information content (AvgIpc) is 2.75. The van der Waals surface area contributed by atoms with E-state index in [0.717, 1.165) is 18.1 Å². The molecule has 2 heterocycles. The molecule has 2 aromatic heterocycles. The van der Waals surface area contributed by atoms with Crippen LogP contribution in [0.4, 0.5) is 0 Å². The Morgan fingerprint density at radius 2 is 2.06 bits per heavy atom. The van der Waals surface area contributed by atoms with Crippen LogP contribution >= 0.6 is 0 Å². The van der Waals surface area contributed by atoms with Crippen LogP contribution in [0.5, 0.6) is 0 Å². The Hall–Kier alpha value is -1.68. The lowest BCUT2D eigenvalue weighted by Crippen LogP contribution is -2.21. The van der Waals surface area contributed by atoms with Crippen molar-refractivity contribution in [1.29, 1.82) is 0 Å². The van der Waals surface area contributed by atoms with Crippen LogP contribution < -0.4 is 0 Å². The van der Waals surface area contributed by atoms with Gasteiger partial charge in [0.05, 0.1) is 5.60 Å². The summed E-state index contributed by atoms with van der Waals surface area (Å²) in [5.41, 5.74) is 0.194. The topological polar surface area (TPSA) is 50.9 Å². The fraction of sp³-hybridized carbons (Fsp3) is 0.385. The Labute approximate surface area is 101 Å². The van der Waals surface area contributed by atoms with Gasteiger partial charge in [0.25, 0.3) is 0 Å². The molecule has 90 valence electrons. The van der Waals surface area contributed by atoms with Crippen molar-refractivity contribution < 1.29 is 5.11 Å². The van der Waals surface area contributed by atoms with Crippen molar-refractivity contribution in [3.05, 3.63) is 36.8 Å². The van der Waals surface area contributed by atoms with Crippen LogP contribution in [0, 0.1) is 0 Å². The lowest BCUT2D eigenvalue weighted by molar-refractivity contribution is 0.0663. The number of hydrogen-bond acceptors (Lipinski definition) is 3. The molecule has 2 rings (SSSR count). The number of pyridine rings is 1. The third-order valence-electron chi connectivity index (χ3n) is 2.57. The van der Waals surface area contributed by atoms with Crippen molar-refractivity contribution in [1.82, 2.24) is 14.5 Å². The van der Waals surface area contributed by atoms with Gasteiger partial charge in [-0.2, -0.15) is 0 Å². The molecule has 4 heteroatoms. The van der Waals surface area contributed by atoms with Crippen molar-refractivity contribution >= 4 is 0 Å². The summed E-state index contributed by atoms with van der Waals surface area (Å²) in [4.78, 5) is 8.59. The highest BCUT2D eigenvalue weighted by Gasteiger charge is 2.14. The number of aromatic nitrogens is 3. The van der Waals surface area contributed by atoms with Crippen molar-refractivity contribution in [2.24, 2.45) is 0 Å². The molecule has 4 nitrogen and oxygen atoms in total. The van der Waals surface area contributed by atoms with Crippen LogP contribution in [0.2, 0.25) is 0 Å². The standard InChI is InChI=1S/C13H17N3O/c1-13(2,17)6-9-16-10-8-15-12(16)11-5-3-4-7-14-11/h3-5,7-8,10,17H,6,9H2,1-2H3. The first-order valence-electron chi connectivity index (χ1n) is 5.71. The largest absolute Gasteiger partial charge is 0.390 e. The first kappa shape index (κ1) is 11.8. The maximum absolute atomic E-state index is 9.73. The van der Waals surface area contributed by atoms with E-state index < -0.39 is 5.60 Å². The van der Waals surface area contributed by atoms with E-state index in [0.29, 0.717) is 6.42 Å². The predicted octanol–water partition coefficient (Wildman–Crippen LogP) is 2.11. The highest BCUT2D eigenvalue weighted by molar-refractivity contribution is 5.48. The van der Waals surface area contributed by atoms with E-state index in [2.05, 4.69) is 9.97 Å². The second-order valence-corrected chi connectivity index (χ2v) is 4.72. The summed E-state index contributed by atoms with van der Waals surface area (Å²) in [6, 6.07) is 5.76. The van der Waals surface area contributed by atoms with Gasteiger partial charge in [0.2, 0.25) is 0 Å². The number of aliphatic hydroxyl groups is 1. The number of rotatable bonds is 4. The van der Waals surface area contributed by atoms with Gasteiger partial charge in [0.1, 0.15) is 5.69 Å². The molecule has 0 saturated carbocycles. The molecule has 0 bridgehead atoms. The number of imidazole rings is 1. The third-order valence-corrected chi connectivity index (χ3v) is 2.57. The Kier molecular flexibility index (Phi) is 3.24. The fourth-order valence-corrected chi connectivity index (χ4v) is 1.61. The molecule has 0 unspecified atom stereocenters.